The van der Waals surface area contributed by atoms with Crippen molar-refractivity contribution in [3.63, 3.8) is 0 Å². The van der Waals surface area contributed by atoms with Crippen LogP contribution in [0.1, 0.15) is 26.2 Å². The Labute approximate surface area is 66.9 Å². The fraction of sp³-hybridized carbons (Fsp3) is 0.875. The van der Waals surface area contributed by atoms with Crippen LogP contribution in [0.3, 0.4) is 0 Å². The zero-order chi connectivity index (χ0) is 8.32. The molecule has 64 valence electrons. The lowest BCUT2D eigenvalue weighted by Gasteiger charge is -2.06. The molecule has 0 radical (unpaired) electrons. The lowest BCUT2D eigenvalue weighted by Crippen LogP contribution is -2.27. The van der Waals surface area contributed by atoms with E-state index in [2.05, 4.69) is 0 Å². The molecule has 2 N–H and O–H groups in total. The summed E-state index contributed by atoms with van der Waals surface area (Å²) in [6.45, 7) is 2.71. The third-order valence-corrected chi connectivity index (χ3v) is 1.91. The molecule has 1 fully saturated rings. The molecular formula is C8H15NO2. The molecule has 0 aromatic heterocycles. The molecule has 0 aromatic carbocycles. The zero-order valence-corrected chi connectivity index (χ0v) is 6.93. The Kier molecular flexibility index (Phi) is 2.62. The fourth-order valence-corrected chi connectivity index (χ4v) is 0.997. The van der Waals surface area contributed by atoms with Gasteiger partial charge in [-0.1, -0.05) is 0 Å². The Bertz CT molecular complexity index is 152. The molecule has 1 saturated carbocycles. The summed E-state index contributed by atoms with van der Waals surface area (Å²) in [6, 6.07) is 0. The number of Topliss-reactive ketones (excluding diaryl/α,β-unsaturated/α-hetero) is 1. The fourth-order valence-electron chi connectivity index (χ4n) is 0.997. The number of carbonyl (C=O) groups excluding carboxylic acids is 1. The summed E-state index contributed by atoms with van der Waals surface area (Å²) in [5, 5.41) is 0. The molecule has 0 bridgehead atoms. The highest BCUT2D eigenvalue weighted by atomic mass is 16.5. The van der Waals surface area contributed by atoms with E-state index >= 15 is 0 Å². The minimum Gasteiger partial charge on any atom is -0.374 e. The van der Waals surface area contributed by atoms with Crippen molar-refractivity contribution in [1.29, 1.82) is 0 Å². The second-order valence-corrected chi connectivity index (χ2v) is 3.21. The van der Waals surface area contributed by atoms with Crippen molar-refractivity contribution >= 4 is 5.78 Å². The van der Waals surface area contributed by atoms with Gasteiger partial charge in [0.2, 0.25) is 0 Å². The molecule has 0 aromatic rings. The van der Waals surface area contributed by atoms with E-state index in [1.54, 1.807) is 0 Å². The van der Waals surface area contributed by atoms with Gasteiger partial charge in [0.15, 0.2) is 5.78 Å². The van der Waals surface area contributed by atoms with Crippen molar-refractivity contribution in [2.75, 3.05) is 13.2 Å². The Morgan fingerprint density at radius 3 is 2.73 bits per heavy atom. The molecule has 11 heavy (non-hydrogen) atoms. The van der Waals surface area contributed by atoms with Crippen LogP contribution in [0.5, 0.6) is 0 Å². The summed E-state index contributed by atoms with van der Waals surface area (Å²) < 4.78 is 4.96. The van der Waals surface area contributed by atoms with Crippen LogP contribution < -0.4 is 5.73 Å². The number of ether oxygens (including phenoxy) is 1. The van der Waals surface area contributed by atoms with E-state index in [9.17, 15) is 4.79 Å². The van der Waals surface area contributed by atoms with Crippen LogP contribution in [0.15, 0.2) is 0 Å². The van der Waals surface area contributed by atoms with Crippen LogP contribution in [0, 0.1) is 0 Å². The van der Waals surface area contributed by atoms with Gasteiger partial charge in [0.1, 0.15) is 6.61 Å². The van der Waals surface area contributed by atoms with Gasteiger partial charge in [-0.05, 0) is 19.8 Å². The first-order valence-electron chi connectivity index (χ1n) is 4.05. The topological polar surface area (TPSA) is 52.3 Å². The maximum atomic E-state index is 11.1. The van der Waals surface area contributed by atoms with Crippen LogP contribution in [-0.2, 0) is 9.53 Å². The van der Waals surface area contributed by atoms with E-state index in [4.69, 9.17) is 10.5 Å². The van der Waals surface area contributed by atoms with E-state index in [0.717, 1.165) is 12.8 Å². The number of rotatable bonds is 5. The maximum Gasteiger partial charge on any atom is 0.160 e. The monoisotopic (exact) mass is 157 g/mol. The first-order chi connectivity index (χ1) is 5.16. The third kappa shape index (κ3) is 2.99. The predicted octanol–water partition coefficient (Wildman–Crippen LogP) is 0.473. The SMILES string of the molecule is CCOCC(=O)CC1(N)CC1. The molecule has 1 aliphatic carbocycles. The molecule has 0 heterocycles. The average Bonchev–Trinajstić information content (AvgIpc) is 2.63. The summed E-state index contributed by atoms with van der Waals surface area (Å²) in [4.78, 5) is 11.1. The largest absolute Gasteiger partial charge is 0.374 e. The summed E-state index contributed by atoms with van der Waals surface area (Å²) >= 11 is 0. The van der Waals surface area contributed by atoms with E-state index in [-0.39, 0.29) is 17.9 Å². The third-order valence-electron chi connectivity index (χ3n) is 1.91. The number of ketones is 1. The number of carbonyl (C=O) groups is 1. The summed E-state index contributed by atoms with van der Waals surface area (Å²) in [5.74, 6) is 0.131. The van der Waals surface area contributed by atoms with Crippen molar-refractivity contribution in [1.82, 2.24) is 0 Å². The molecule has 1 aliphatic rings. The minimum atomic E-state index is -0.159. The van der Waals surface area contributed by atoms with Crippen LogP contribution in [0.2, 0.25) is 0 Å². The first kappa shape index (κ1) is 8.68. The van der Waals surface area contributed by atoms with Crippen molar-refractivity contribution in [2.45, 2.75) is 31.7 Å². The zero-order valence-electron chi connectivity index (χ0n) is 6.93. The first-order valence-corrected chi connectivity index (χ1v) is 4.05. The number of hydrogen-bond donors (Lipinski definition) is 1. The predicted molar refractivity (Wildman–Crippen MR) is 42.3 cm³/mol. The van der Waals surface area contributed by atoms with Gasteiger partial charge in [0, 0.05) is 18.6 Å². The second-order valence-electron chi connectivity index (χ2n) is 3.21. The second kappa shape index (κ2) is 3.32. The summed E-state index contributed by atoms with van der Waals surface area (Å²) in [6.07, 6.45) is 2.47. The van der Waals surface area contributed by atoms with Gasteiger partial charge in [-0.2, -0.15) is 0 Å². The van der Waals surface area contributed by atoms with Gasteiger partial charge >= 0.3 is 0 Å². The van der Waals surface area contributed by atoms with Gasteiger partial charge in [0.05, 0.1) is 0 Å². The van der Waals surface area contributed by atoms with E-state index in [1.807, 2.05) is 6.92 Å². The minimum absolute atomic E-state index is 0.131. The molecule has 0 aliphatic heterocycles. The smallest absolute Gasteiger partial charge is 0.160 e. The van der Waals surface area contributed by atoms with E-state index in [1.165, 1.54) is 0 Å². The molecule has 3 nitrogen and oxygen atoms in total. The van der Waals surface area contributed by atoms with Crippen molar-refractivity contribution in [3.8, 4) is 0 Å². The highest BCUT2D eigenvalue weighted by Crippen LogP contribution is 2.35. The summed E-state index contributed by atoms with van der Waals surface area (Å²) in [7, 11) is 0. The molecule has 0 atom stereocenters. The Morgan fingerprint density at radius 1 is 1.64 bits per heavy atom. The Hall–Kier alpha value is -0.410. The molecule has 0 saturated heterocycles. The van der Waals surface area contributed by atoms with Crippen molar-refractivity contribution in [2.24, 2.45) is 5.73 Å². The van der Waals surface area contributed by atoms with Crippen LogP contribution >= 0.6 is 0 Å². The molecule has 1 rings (SSSR count). The standard InChI is InChI=1S/C8H15NO2/c1-2-11-6-7(10)5-8(9)3-4-8/h2-6,9H2,1H3. The normalized spacial score (nSPS) is 19.8. The van der Waals surface area contributed by atoms with Crippen LogP contribution in [0.25, 0.3) is 0 Å². The van der Waals surface area contributed by atoms with Crippen molar-refractivity contribution in [3.05, 3.63) is 0 Å². The van der Waals surface area contributed by atoms with E-state index < -0.39 is 0 Å². The summed E-state index contributed by atoms with van der Waals surface area (Å²) in [5.41, 5.74) is 5.58. The molecule has 0 amide bonds. The molecule has 0 unspecified atom stereocenters. The van der Waals surface area contributed by atoms with Crippen LogP contribution in [0.4, 0.5) is 0 Å². The van der Waals surface area contributed by atoms with Gasteiger partial charge < -0.3 is 10.5 Å². The maximum absolute atomic E-state index is 11.1. The van der Waals surface area contributed by atoms with Crippen molar-refractivity contribution < 1.29 is 9.53 Å². The Morgan fingerprint density at radius 2 is 2.27 bits per heavy atom. The molecule has 3 heteroatoms. The van der Waals surface area contributed by atoms with Gasteiger partial charge in [0.25, 0.3) is 0 Å². The van der Waals surface area contributed by atoms with Crippen LogP contribution in [-0.4, -0.2) is 24.5 Å². The van der Waals surface area contributed by atoms with Gasteiger partial charge in [-0.25, -0.2) is 0 Å². The quantitative estimate of drug-likeness (QED) is 0.631. The number of nitrogens with two attached hydrogens (primary N) is 1. The van der Waals surface area contributed by atoms with Gasteiger partial charge in [-0.15, -0.1) is 0 Å². The molecular weight excluding hydrogens is 142 g/mol. The lowest BCUT2D eigenvalue weighted by molar-refractivity contribution is -0.123. The van der Waals surface area contributed by atoms with Gasteiger partial charge in [-0.3, -0.25) is 4.79 Å². The number of hydrogen-bond acceptors (Lipinski definition) is 3. The Balaban J connectivity index is 2.11. The average molecular weight is 157 g/mol. The highest BCUT2D eigenvalue weighted by Gasteiger charge is 2.39. The highest BCUT2D eigenvalue weighted by molar-refractivity contribution is 5.81. The molecule has 0 spiro atoms. The van der Waals surface area contributed by atoms with E-state index in [0.29, 0.717) is 13.0 Å². The lowest BCUT2D eigenvalue weighted by atomic mass is 10.1.